The van der Waals surface area contributed by atoms with E-state index in [1.165, 1.54) is 18.9 Å². The lowest BCUT2D eigenvalue weighted by molar-refractivity contribution is -0.116. The van der Waals surface area contributed by atoms with E-state index < -0.39 is 11.2 Å². The molecule has 0 spiro atoms. The Morgan fingerprint density at radius 2 is 1.70 bits per heavy atom. The van der Waals surface area contributed by atoms with Crippen LogP contribution in [0.4, 0.5) is 11.4 Å². The number of anilines is 2. The van der Waals surface area contributed by atoms with E-state index in [2.05, 4.69) is 10.6 Å². The second kappa shape index (κ2) is 11.5. The zero-order chi connectivity index (χ0) is 23.8. The van der Waals surface area contributed by atoms with Gasteiger partial charge in [0.1, 0.15) is 0 Å². The molecular formula is C25H23ClN2O4S. The minimum Gasteiger partial charge on any atom is -0.465 e. The van der Waals surface area contributed by atoms with Gasteiger partial charge in [-0.05, 0) is 55.0 Å². The van der Waals surface area contributed by atoms with Crippen LogP contribution in [-0.4, -0.2) is 30.1 Å². The number of carbonyl (C=O) groups is 3. The summed E-state index contributed by atoms with van der Waals surface area (Å²) in [6.07, 6.45) is 0.229. The molecule has 0 saturated heterocycles. The van der Waals surface area contributed by atoms with Crippen LogP contribution in [0.5, 0.6) is 0 Å². The van der Waals surface area contributed by atoms with Crippen molar-refractivity contribution in [3.05, 3.63) is 88.9 Å². The highest BCUT2D eigenvalue weighted by atomic mass is 35.5. The summed E-state index contributed by atoms with van der Waals surface area (Å²) < 4.78 is 4.77. The average molecular weight is 483 g/mol. The van der Waals surface area contributed by atoms with Gasteiger partial charge < -0.3 is 15.4 Å². The summed E-state index contributed by atoms with van der Waals surface area (Å²) >= 11 is 7.22. The number of hydrogen-bond donors (Lipinski definition) is 2. The monoisotopic (exact) mass is 482 g/mol. The highest BCUT2D eigenvalue weighted by Gasteiger charge is 2.18. The Kier molecular flexibility index (Phi) is 8.52. The van der Waals surface area contributed by atoms with Crippen molar-refractivity contribution in [2.45, 2.75) is 23.5 Å². The Morgan fingerprint density at radius 1 is 0.970 bits per heavy atom. The van der Waals surface area contributed by atoms with Crippen LogP contribution in [0, 0.1) is 0 Å². The van der Waals surface area contributed by atoms with E-state index in [1.807, 2.05) is 30.3 Å². The molecule has 2 N–H and O–H groups in total. The molecule has 0 aliphatic heterocycles. The van der Waals surface area contributed by atoms with Crippen molar-refractivity contribution in [1.29, 1.82) is 0 Å². The van der Waals surface area contributed by atoms with E-state index in [1.54, 1.807) is 49.4 Å². The maximum Gasteiger partial charge on any atom is 0.339 e. The number of amides is 2. The van der Waals surface area contributed by atoms with Gasteiger partial charge in [-0.2, -0.15) is 0 Å². The molecule has 0 bridgehead atoms. The van der Waals surface area contributed by atoms with Crippen molar-refractivity contribution < 1.29 is 19.1 Å². The van der Waals surface area contributed by atoms with Crippen LogP contribution in [0.2, 0.25) is 5.02 Å². The van der Waals surface area contributed by atoms with E-state index in [0.717, 1.165) is 10.5 Å². The highest BCUT2D eigenvalue weighted by Crippen LogP contribution is 2.27. The fourth-order valence-corrected chi connectivity index (χ4v) is 4.06. The van der Waals surface area contributed by atoms with Crippen LogP contribution in [0.25, 0.3) is 0 Å². The van der Waals surface area contributed by atoms with Crippen LogP contribution < -0.4 is 10.6 Å². The van der Waals surface area contributed by atoms with E-state index in [9.17, 15) is 14.4 Å². The number of esters is 1. The van der Waals surface area contributed by atoms with Gasteiger partial charge in [0, 0.05) is 15.6 Å². The molecule has 0 aliphatic rings. The average Bonchev–Trinajstić information content (AvgIpc) is 2.80. The van der Waals surface area contributed by atoms with Crippen molar-refractivity contribution in [2.24, 2.45) is 0 Å². The molecule has 3 aromatic carbocycles. The smallest absolute Gasteiger partial charge is 0.339 e. The molecule has 3 rings (SSSR count). The van der Waals surface area contributed by atoms with Gasteiger partial charge in [0.05, 0.1) is 30.0 Å². The molecular weight excluding hydrogens is 460 g/mol. The molecule has 1 atom stereocenters. The first-order valence-electron chi connectivity index (χ1n) is 10.1. The third-order valence-electron chi connectivity index (χ3n) is 4.67. The van der Waals surface area contributed by atoms with Gasteiger partial charge in [-0.15, -0.1) is 11.8 Å². The molecule has 170 valence electrons. The molecule has 0 saturated carbocycles. The Balaban J connectivity index is 1.60. The number of nitrogens with one attached hydrogen (secondary N) is 2. The standard InChI is InChI=1S/C25H23ClN2O4S/c1-16(24(30)28-22-9-4-3-8-21(22)25(31)32-2)33-20-7-5-6-19(15-20)27-23(29)14-17-10-12-18(26)13-11-17/h3-13,15-16H,14H2,1-2H3,(H,27,29)(H,28,30). The van der Waals surface area contributed by atoms with E-state index >= 15 is 0 Å². The third kappa shape index (κ3) is 7.10. The lowest BCUT2D eigenvalue weighted by atomic mass is 10.1. The predicted molar refractivity (Wildman–Crippen MR) is 132 cm³/mol. The molecule has 0 heterocycles. The van der Waals surface area contributed by atoms with E-state index in [4.69, 9.17) is 16.3 Å². The molecule has 8 heteroatoms. The fourth-order valence-electron chi connectivity index (χ4n) is 3.01. The SMILES string of the molecule is COC(=O)c1ccccc1NC(=O)C(C)Sc1cccc(NC(=O)Cc2ccc(Cl)cc2)c1. The van der Waals surface area contributed by atoms with Crippen molar-refractivity contribution in [3.8, 4) is 0 Å². The van der Waals surface area contributed by atoms with Gasteiger partial charge in [-0.3, -0.25) is 9.59 Å². The minimum absolute atomic E-state index is 0.148. The number of carbonyl (C=O) groups excluding carboxylic acids is 3. The Hall–Kier alpha value is -3.29. The zero-order valence-corrected chi connectivity index (χ0v) is 19.7. The number of methoxy groups -OCH3 is 1. The Labute approximate surface area is 201 Å². The Morgan fingerprint density at radius 3 is 2.42 bits per heavy atom. The molecule has 3 aromatic rings. The lowest BCUT2D eigenvalue weighted by Crippen LogP contribution is -2.23. The summed E-state index contributed by atoms with van der Waals surface area (Å²) in [5.74, 6) is -0.925. The zero-order valence-electron chi connectivity index (χ0n) is 18.1. The number of ether oxygens (including phenoxy) is 1. The second-order valence-electron chi connectivity index (χ2n) is 7.17. The van der Waals surface area contributed by atoms with Crippen molar-refractivity contribution in [3.63, 3.8) is 0 Å². The molecule has 0 radical (unpaired) electrons. The van der Waals surface area contributed by atoms with E-state index in [0.29, 0.717) is 16.4 Å². The number of thioether (sulfide) groups is 1. The van der Waals surface area contributed by atoms with Crippen LogP contribution in [0.1, 0.15) is 22.8 Å². The van der Waals surface area contributed by atoms with Gasteiger partial charge >= 0.3 is 5.97 Å². The van der Waals surface area contributed by atoms with Crippen molar-refractivity contribution in [1.82, 2.24) is 0 Å². The molecule has 0 aliphatic carbocycles. The van der Waals surface area contributed by atoms with Crippen molar-refractivity contribution in [2.75, 3.05) is 17.7 Å². The van der Waals surface area contributed by atoms with Crippen LogP contribution in [0.15, 0.2) is 77.7 Å². The molecule has 6 nitrogen and oxygen atoms in total. The Bertz CT molecular complexity index is 1150. The van der Waals surface area contributed by atoms with Gasteiger partial charge in [-0.1, -0.05) is 41.9 Å². The molecule has 33 heavy (non-hydrogen) atoms. The number of benzene rings is 3. The quantitative estimate of drug-likeness (QED) is 0.330. The first-order chi connectivity index (χ1) is 15.9. The first-order valence-corrected chi connectivity index (χ1v) is 11.4. The number of halogens is 1. The molecule has 0 fully saturated rings. The largest absolute Gasteiger partial charge is 0.465 e. The highest BCUT2D eigenvalue weighted by molar-refractivity contribution is 8.00. The summed E-state index contributed by atoms with van der Waals surface area (Å²) in [6.45, 7) is 1.77. The predicted octanol–water partition coefficient (Wildman–Crippen LogP) is 5.43. The maximum atomic E-state index is 12.7. The molecule has 2 amide bonds. The topological polar surface area (TPSA) is 84.5 Å². The van der Waals surface area contributed by atoms with Crippen molar-refractivity contribution >= 4 is 52.5 Å². The molecule has 0 aromatic heterocycles. The lowest BCUT2D eigenvalue weighted by Gasteiger charge is -2.14. The third-order valence-corrected chi connectivity index (χ3v) is 6.01. The summed E-state index contributed by atoms with van der Waals surface area (Å²) in [7, 11) is 1.29. The number of hydrogen-bond acceptors (Lipinski definition) is 5. The summed E-state index contributed by atoms with van der Waals surface area (Å²) in [4.78, 5) is 37.8. The van der Waals surface area contributed by atoms with Crippen LogP contribution in [0.3, 0.4) is 0 Å². The van der Waals surface area contributed by atoms with Gasteiger partial charge in [0.25, 0.3) is 0 Å². The summed E-state index contributed by atoms with van der Waals surface area (Å²) in [6, 6.07) is 21.1. The van der Waals surface area contributed by atoms with Crippen LogP contribution >= 0.6 is 23.4 Å². The fraction of sp³-hybridized carbons (Fsp3) is 0.160. The van der Waals surface area contributed by atoms with Gasteiger partial charge in [-0.25, -0.2) is 4.79 Å². The van der Waals surface area contributed by atoms with E-state index in [-0.39, 0.29) is 23.8 Å². The number of rotatable bonds is 8. The minimum atomic E-state index is -0.520. The van der Waals surface area contributed by atoms with Gasteiger partial charge in [0.2, 0.25) is 11.8 Å². The summed E-state index contributed by atoms with van der Waals surface area (Å²) in [5, 5.41) is 5.83. The number of para-hydroxylation sites is 1. The molecule has 1 unspecified atom stereocenters. The normalized spacial score (nSPS) is 11.4. The van der Waals surface area contributed by atoms with Gasteiger partial charge in [0.15, 0.2) is 0 Å². The van der Waals surface area contributed by atoms with Crippen LogP contribution in [-0.2, 0) is 20.7 Å². The summed E-state index contributed by atoms with van der Waals surface area (Å²) in [5.41, 5.74) is 2.18. The maximum absolute atomic E-state index is 12.7. The second-order valence-corrected chi connectivity index (χ2v) is 9.02. The first kappa shape index (κ1) is 24.4.